The minimum absolute atomic E-state index is 0.0278. The summed E-state index contributed by atoms with van der Waals surface area (Å²) in [5.74, 6) is 3.54. The van der Waals surface area contributed by atoms with E-state index in [-0.39, 0.29) is 5.91 Å². The third-order valence-corrected chi connectivity index (χ3v) is 5.60. The van der Waals surface area contributed by atoms with E-state index in [1.165, 1.54) is 0 Å². The van der Waals surface area contributed by atoms with Crippen LogP contribution in [0.1, 0.15) is 35.2 Å². The molecule has 0 atom stereocenters. The summed E-state index contributed by atoms with van der Waals surface area (Å²) in [6.07, 6.45) is 1.96. The molecule has 1 aliphatic heterocycles. The molecule has 3 aromatic rings. The summed E-state index contributed by atoms with van der Waals surface area (Å²) >= 11 is 0. The molecule has 0 aliphatic carbocycles. The number of fused-ring (bicyclic) bond motifs is 1. The van der Waals surface area contributed by atoms with E-state index in [9.17, 15) is 4.79 Å². The lowest BCUT2D eigenvalue weighted by atomic mass is 10.1. The Morgan fingerprint density at radius 1 is 1.00 bits per heavy atom. The van der Waals surface area contributed by atoms with Crippen LogP contribution in [0.5, 0.6) is 11.5 Å². The van der Waals surface area contributed by atoms with E-state index < -0.39 is 0 Å². The lowest BCUT2D eigenvalue weighted by Crippen LogP contribution is -2.49. The number of rotatable bonds is 6. The van der Waals surface area contributed by atoms with E-state index in [1.807, 2.05) is 16.2 Å². The van der Waals surface area contributed by atoms with Crippen LogP contribution in [0.25, 0.3) is 5.78 Å². The van der Waals surface area contributed by atoms with Gasteiger partial charge in [0.25, 0.3) is 11.7 Å². The Bertz CT molecular complexity index is 1070. The number of carbonyl (C=O) groups excluding carboxylic acids is 1. The maximum atomic E-state index is 13.1. The highest BCUT2D eigenvalue weighted by Crippen LogP contribution is 2.25. The van der Waals surface area contributed by atoms with Crippen LogP contribution < -0.4 is 14.4 Å². The number of methoxy groups -OCH3 is 2. The second kappa shape index (κ2) is 8.79. The van der Waals surface area contributed by atoms with E-state index in [4.69, 9.17) is 14.5 Å². The fraction of sp³-hybridized carbons (Fsp3) is 0.455. The van der Waals surface area contributed by atoms with Crippen molar-refractivity contribution in [2.45, 2.75) is 26.7 Å². The van der Waals surface area contributed by atoms with Gasteiger partial charge in [-0.3, -0.25) is 9.20 Å². The molecule has 9 heteroatoms. The molecule has 2 aromatic heterocycles. The lowest BCUT2D eigenvalue weighted by molar-refractivity contribution is 0.0745. The molecule has 1 fully saturated rings. The molecular formula is C22H28N6O3. The number of benzene rings is 1. The minimum Gasteiger partial charge on any atom is -0.497 e. The van der Waals surface area contributed by atoms with Gasteiger partial charge in [0.1, 0.15) is 23.1 Å². The minimum atomic E-state index is -0.0278. The van der Waals surface area contributed by atoms with Crippen LogP contribution in [-0.4, -0.2) is 70.8 Å². The van der Waals surface area contributed by atoms with Crippen molar-refractivity contribution < 1.29 is 14.3 Å². The molecule has 3 heterocycles. The number of aryl methyl sites for hydroxylation is 2. The molecule has 0 N–H and O–H groups in total. The SMILES string of the molecule is CCCc1cc(N2CCN(C(=O)c3cc(OC)cc(OC)c3)CC2)nc2nnc(C)n12. The Kier molecular flexibility index (Phi) is 5.92. The zero-order chi connectivity index (χ0) is 22.0. The fourth-order valence-corrected chi connectivity index (χ4v) is 3.96. The summed E-state index contributed by atoms with van der Waals surface area (Å²) in [6, 6.07) is 7.38. The number of amides is 1. The zero-order valence-corrected chi connectivity index (χ0v) is 18.5. The third kappa shape index (κ3) is 4.12. The Hall–Kier alpha value is -3.36. The molecule has 1 saturated heterocycles. The predicted octanol–water partition coefficient (Wildman–Crippen LogP) is 2.36. The second-order valence-corrected chi connectivity index (χ2v) is 7.62. The molecule has 164 valence electrons. The number of hydrogen-bond donors (Lipinski definition) is 0. The number of ether oxygens (including phenoxy) is 2. The first kappa shape index (κ1) is 20.9. The molecule has 1 amide bonds. The van der Waals surface area contributed by atoms with Gasteiger partial charge in [-0.1, -0.05) is 13.3 Å². The van der Waals surface area contributed by atoms with E-state index in [2.05, 4.69) is 28.1 Å². The number of anilines is 1. The average molecular weight is 425 g/mol. The van der Waals surface area contributed by atoms with Crippen molar-refractivity contribution in [2.75, 3.05) is 45.3 Å². The van der Waals surface area contributed by atoms with Crippen LogP contribution >= 0.6 is 0 Å². The molecule has 9 nitrogen and oxygen atoms in total. The van der Waals surface area contributed by atoms with Crippen LogP contribution in [0.15, 0.2) is 24.3 Å². The van der Waals surface area contributed by atoms with Crippen molar-refractivity contribution in [3.63, 3.8) is 0 Å². The second-order valence-electron chi connectivity index (χ2n) is 7.62. The van der Waals surface area contributed by atoms with Gasteiger partial charge in [-0.25, -0.2) is 0 Å². The van der Waals surface area contributed by atoms with Gasteiger partial charge in [0.2, 0.25) is 0 Å². The molecule has 0 spiro atoms. The Morgan fingerprint density at radius 3 is 2.29 bits per heavy atom. The molecular weight excluding hydrogens is 396 g/mol. The standard InChI is InChI=1S/C22H28N6O3/c1-5-6-17-13-20(23-22-25-24-15(2)28(17)22)26-7-9-27(10-8-26)21(29)16-11-18(30-3)14-19(12-16)31-4/h11-14H,5-10H2,1-4H3. The van der Waals surface area contributed by atoms with Gasteiger partial charge in [-0.15, -0.1) is 10.2 Å². The van der Waals surface area contributed by atoms with Crippen LogP contribution in [0.2, 0.25) is 0 Å². The summed E-state index contributed by atoms with van der Waals surface area (Å²) in [4.78, 5) is 21.8. The molecule has 1 aliphatic rings. The van der Waals surface area contributed by atoms with Gasteiger partial charge < -0.3 is 19.3 Å². The van der Waals surface area contributed by atoms with Gasteiger partial charge >= 0.3 is 0 Å². The number of hydrogen-bond acceptors (Lipinski definition) is 7. The normalized spacial score (nSPS) is 14.2. The monoisotopic (exact) mass is 424 g/mol. The van der Waals surface area contributed by atoms with Crippen LogP contribution in [-0.2, 0) is 6.42 Å². The van der Waals surface area contributed by atoms with Crippen LogP contribution in [0.3, 0.4) is 0 Å². The number of piperazine rings is 1. The Balaban J connectivity index is 1.51. The number of aromatic nitrogens is 4. The van der Waals surface area contributed by atoms with Gasteiger partial charge in [0.05, 0.1) is 14.2 Å². The summed E-state index contributed by atoms with van der Waals surface area (Å²) in [5.41, 5.74) is 1.72. The van der Waals surface area contributed by atoms with Crippen molar-refractivity contribution >= 4 is 17.5 Å². The molecule has 31 heavy (non-hydrogen) atoms. The summed E-state index contributed by atoms with van der Waals surface area (Å²) < 4.78 is 12.6. The van der Waals surface area contributed by atoms with Crippen molar-refractivity contribution in [3.8, 4) is 11.5 Å². The van der Waals surface area contributed by atoms with Crippen molar-refractivity contribution in [3.05, 3.63) is 41.3 Å². The largest absolute Gasteiger partial charge is 0.497 e. The number of carbonyl (C=O) groups is 1. The highest BCUT2D eigenvalue weighted by molar-refractivity contribution is 5.95. The van der Waals surface area contributed by atoms with Crippen molar-refractivity contribution in [2.24, 2.45) is 0 Å². The summed E-state index contributed by atoms with van der Waals surface area (Å²) in [5, 5.41) is 8.40. The average Bonchev–Trinajstić information content (AvgIpc) is 3.19. The van der Waals surface area contributed by atoms with E-state index in [0.717, 1.165) is 30.2 Å². The van der Waals surface area contributed by atoms with Gasteiger partial charge in [-0.2, -0.15) is 4.98 Å². The molecule has 0 saturated carbocycles. The summed E-state index contributed by atoms with van der Waals surface area (Å²) in [7, 11) is 3.16. The van der Waals surface area contributed by atoms with E-state index in [1.54, 1.807) is 32.4 Å². The maximum Gasteiger partial charge on any atom is 0.257 e. The molecule has 0 bridgehead atoms. The first-order valence-electron chi connectivity index (χ1n) is 10.5. The quantitative estimate of drug-likeness (QED) is 0.600. The van der Waals surface area contributed by atoms with Gasteiger partial charge in [0.15, 0.2) is 0 Å². The van der Waals surface area contributed by atoms with Crippen molar-refractivity contribution in [1.29, 1.82) is 0 Å². The van der Waals surface area contributed by atoms with E-state index in [0.29, 0.717) is 49.0 Å². The first-order valence-corrected chi connectivity index (χ1v) is 10.5. The van der Waals surface area contributed by atoms with Crippen LogP contribution in [0, 0.1) is 6.92 Å². The van der Waals surface area contributed by atoms with Crippen molar-refractivity contribution in [1.82, 2.24) is 24.5 Å². The van der Waals surface area contributed by atoms with Crippen LogP contribution in [0.4, 0.5) is 5.82 Å². The molecule has 0 radical (unpaired) electrons. The fourth-order valence-electron chi connectivity index (χ4n) is 3.96. The highest BCUT2D eigenvalue weighted by atomic mass is 16.5. The highest BCUT2D eigenvalue weighted by Gasteiger charge is 2.25. The molecule has 4 rings (SSSR count). The Labute approximate surface area is 181 Å². The first-order chi connectivity index (χ1) is 15.0. The molecule has 0 unspecified atom stereocenters. The zero-order valence-electron chi connectivity index (χ0n) is 18.5. The maximum absolute atomic E-state index is 13.1. The van der Waals surface area contributed by atoms with Gasteiger partial charge in [-0.05, 0) is 25.5 Å². The Morgan fingerprint density at radius 2 is 1.68 bits per heavy atom. The summed E-state index contributed by atoms with van der Waals surface area (Å²) in [6.45, 7) is 6.73. The third-order valence-electron chi connectivity index (χ3n) is 5.60. The van der Waals surface area contributed by atoms with E-state index >= 15 is 0 Å². The smallest absolute Gasteiger partial charge is 0.257 e. The lowest BCUT2D eigenvalue weighted by Gasteiger charge is -2.35. The molecule has 1 aromatic carbocycles. The topological polar surface area (TPSA) is 85.1 Å². The number of nitrogens with zero attached hydrogens (tertiary/aromatic N) is 6. The van der Waals surface area contributed by atoms with Gasteiger partial charge in [0, 0.05) is 49.6 Å². The predicted molar refractivity (Wildman–Crippen MR) is 117 cm³/mol.